The molecule has 0 fully saturated rings. The molecular weight excluding hydrogens is 138 g/mol. The van der Waals surface area contributed by atoms with Crippen molar-refractivity contribution < 1.29 is 0 Å². The molecule has 0 aromatic carbocycles. The Balaban J connectivity index is 3.03. The molecule has 1 heterocycles. The molecule has 0 saturated carbocycles. The summed E-state index contributed by atoms with van der Waals surface area (Å²) in [6.07, 6.45) is 2.82. The second-order valence-electron chi connectivity index (χ2n) is 2.70. The standard InChI is InChI=1S/C9H13NO/c1-3-8(2)10-7-5-4-6-9(10)11/h4-8H,3H2,1-2H3. The molecule has 1 atom stereocenters. The van der Waals surface area contributed by atoms with Crippen LogP contribution in [0.25, 0.3) is 0 Å². The van der Waals surface area contributed by atoms with E-state index in [-0.39, 0.29) is 5.56 Å². The molecule has 2 heteroatoms. The molecule has 0 saturated heterocycles. The van der Waals surface area contributed by atoms with Crippen molar-refractivity contribution in [1.29, 1.82) is 0 Å². The summed E-state index contributed by atoms with van der Waals surface area (Å²) in [5.41, 5.74) is 0.0850. The summed E-state index contributed by atoms with van der Waals surface area (Å²) in [5, 5.41) is 0. The van der Waals surface area contributed by atoms with E-state index in [1.165, 1.54) is 0 Å². The lowest BCUT2D eigenvalue weighted by molar-refractivity contribution is 0.514. The van der Waals surface area contributed by atoms with Crippen LogP contribution in [0.5, 0.6) is 0 Å². The maximum absolute atomic E-state index is 11.2. The van der Waals surface area contributed by atoms with Crippen molar-refractivity contribution in [2.75, 3.05) is 0 Å². The van der Waals surface area contributed by atoms with Gasteiger partial charge < -0.3 is 4.57 Å². The fraction of sp³-hybridized carbons (Fsp3) is 0.444. The maximum Gasteiger partial charge on any atom is 0.250 e. The molecular formula is C9H13NO. The van der Waals surface area contributed by atoms with Crippen LogP contribution >= 0.6 is 0 Å². The summed E-state index contributed by atoms with van der Waals surface area (Å²) in [6, 6.07) is 5.55. The topological polar surface area (TPSA) is 22.0 Å². The Bertz CT molecular complexity index is 277. The first-order chi connectivity index (χ1) is 5.25. The Morgan fingerprint density at radius 1 is 1.55 bits per heavy atom. The Morgan fingerprint density at radius 2 is 2.27 bits per heavy atom. The summed E-state index contributed by atoms with van der Waals surface area (Å²) in [7, 11) is 0. The average molecular weight is 151 g/mol. The summed E-state index contributed by atoms with van der Waals surface area (Å²) in [4.78, 5) is 11.2. The van der Waals surface area contributed by atoms with E-state index in [4.69, 9.17) is 0 Å². The van der Waals surface area contributed by atoms with E-state index in [1.54, 1.807) is 16.7 Å². The van der Waals surface area contributed by atoms with Crippen molar-refractivity contribution >= 4 is 0 Å². The number of pyridine rings is 1. The molecule has 11 heavy (non-hydrogen) atoms. The predicted molar refractivity (Wildman–Crippen MR) is 45.7 cm³/mol. The highest BCUT2D eigenvalue weighted by atomic mass is 16.1. The highest BCUT2D eigenvalue weighted by molar-refractivity contribution is 4.94. The summed E-state index contributed by atoms with van der Waals surface area (Å²) in [6.45, 7) is 4.12. The molecule has 60 valence electrons. The molecule has 0 aliphatic carbocycles. The van der Waals surface area contributed by atoms with Gasteiger partial charge >= 0.3 is 0 Å². The molecule has 0 radical (unpaired) electrons. The van der Waals surface area contributed by atoms with Gasteiger partial charge in [-0.25, -0.2) is 0 Å². The molecule has 0 aliphatic heterocycles. The fourth-order valence-corrected chi connectivity index (χ4v) is 1.00. The van der Waals surface area contributed by atoms with E-state index >= 15 is 0 Å². The predicted octanol–water partition coefficient (Wildman–Crippen LogP) is 1.82. The first-order valence-corrected chi connectivity index (χ1v) is 3.93. The van der Waals surface area contributed by atoms with E-state index in [1.807, 2.05) is 19.2 Å². The summed E-state index contributed by atoms with van der Waals surface area (Å²) in [5.74, 6) is 0. The minimum atomic E-state index is 0.0850. The van der Waals surface area contributed by atoms with Crippen LogP contribution in [0.1, 0.15) is 26.3 Å². The lowest BCUT2D eigenvalue weighted by Crippen LogP contribution is -2.20. The molecule has 0 amide bonds. The Hall–Kier alpha value is -1.05. The first kappa shape index (κ1) is 8.05. The molecule has 1 aromatic rings. The zero-order valence-corrected chi connectivity index (χ0v) is 6.95. The highest BCUT2D eigenvalue weighted by Gasteiger charge is 2.00. The number of hydrogen-bond acceptors (Lipinski definition) is 1. The van der Waals surface area contributed by atoms with Crippen molar-refractivity contribution in [3.8, 4) is 0 Å². The molecule has 1 aromatic heterocycles. The second kappa shape index (κ2) is 3.37. The van der Waals surface area contributed by atoms with Gasteiger partial charge in [0.1, 0.15) is 0 Å². The largest absolute Gasteiger partial charge is 0.313 e. The zero-order valence-electron chi connectivity index (χ0n) is 6.95. The Morgan fingerprint density at radius 3 is 2.82 bits per heavy atom. The van der Waals surface area contributed by atoms with E-state index in [0.29, 0.717) is 6.04 Å². The normalized spacial score (nSPS) is 12.9. The van der Waals surface area contributed by atoms with Crippen LogP contribution < -0.4 is 5.56 Å². The van der Waals surface area contributed by atoms with Gasteiger partial charge in [0.25, 0.3) is 5.56 Å². The monoisotopic (exact) mass is 151 g/mol. The van der Waals surface area contributed by atoms with Crippen molar-refractivity contribution in [2.45, 2.75) is 26.3 Å². The minimum absolute atomic E-state index is 0.0850. The van der Waals surface area contributed by atoms with E-state index in [0.717, 1.165) is 6.42 Å². The van der Waals surface area contributed by atoms with Crippen molar-refractivity contribution in [1.82, 2.24) is 4.57 Å². The maximum atomic E-state index is 11.2. The van der Waals surface area contributed by atoms with Gasteiger partial charge in [-0.3, -0.25) is 4.79 Å². The van der Waals surface area contributed by atoms with Crippen LogP contribution in [0.3, 0.4) is 0 Å². The van der Waals surface area contributed by atoms with Gasteiger partial charge in [0, 0.05) is 18.3 Å². The minimum Gasteiger partial charge on any atom is -0.313 e. The van der Waals surface area contributed by atoms with Gasteiger partial charge in [0.05, 0.1) is 0 Å². The van der Waals surface area contributed by atoms with Crippen molar-refractivity contribution in [3.63, 3.8) is 0 Å². The molecule has 0 N–H and O–H groups in total. The van der Waals surface area contributed by atoms with Crippen LogP contribution in [0, 0.1) is 0 Å². The summed E-state index contributed by atoms with van der Waals surface area (Å²) < 4.78 is 1.75. The van der Waals surface area contributed by atoms with E-state index < -0.39 is 0 Å². The van der Waals surface area contributed by atoms with Crippen LogP contribution in [0.2, 0.25) is 0 Å². The smallest absolute Gasteiger partial charge is 0.250 e. The average Bonchev–Trinajstić information content (AvgIpc) is 2.04. The second-order valence-corrected chi connectivity index (χ2v) is 2.70. The van der Waals surface area contributed by atoms with Gasteiger partial charge in [-0.2, -0.15) is 0 Å². The zero-order chi connectivity index (χ0) is 8.27. The molecule has 1 rings (SSSR count). The number of nitrogens with zero attached hydrogens (tertiary/aromatic N) is 1. The molecule has 1 unspecified atom stereocenters. The van der Waals surface area contributed by atoms with Gasteiger partial charge in [0.15, 0.2) is 0 Å². The quantitative estimate of drug-likeness (QED) is 0.632. The van der Waals surface area contributed by atoms with Gasteiger partial charge in [-0.05, 0) is 19.4 Å². The van der Waals surface area contributed by atoms with Crippen molar-refractivity contribution in [3.05, 3.63) is 34.7 Å². The van der Waals surface area contributed by atoms with Crippen LogP contribution in [0.15, 0.2) is 29.2 Å². The fourth-order valence-electron chi connectivity index (χ4n) is 1.00. The molecule has 0 spiro atoms. The number of rotatable bonds is 2. The lowest BCUT2D eigenvalue weighted by Gasteiger charge is -2.11. The number of hydrogen-bond donors (Lipinski definition) is 0. The highest BCUT2D eigenvalue weighted by Crippen LogP contribution is 2.04. The van der Waals surface area contributed by atoms with Crippen LogP contribution in [0.4, 0.5) is 0 Å². The SMILES string of the molecule is CCC(C)n1ccccc1=O. The summed E-state index contributed by atoms with van der Waals surface area (Å²) >= 11 is 0. The molecule has 0 aliphatic rings. The molecule has 2 nitrogen and oxygen atoms in total. The first-order valence-electron chi connectivity index (χ1n) is 3.93. The van der Waals surface area contributed by atoms with Gasteiger partial charge in [0.2, 0.25) is 0 Å². The third-order valence-electron chi connectivity index (χ3n) is 1.92. The Labute approximate surface area is 66.5 Å². The van der Waals surface area contributed by atoms with Gasteiger partial charge in [-0.1, -0.05) is 13.0 Å². The Kier molecular flexibility index (Phi) is 2.47. The van der Waals surface area contributed by atoms with E-state index in [9.17, 15) is 4.79 Å². The lowest BCUT2D eigenvalue weighted by atomic mass is 10.2. The van der Waals surface area contributed by atoms with Crippen LogP contribution in [-0.2, 0) is 0 Å². The number of aromatic nitrogens is 1. The van der Waals surface area contributed by atoms with Crippen LogP contribution in [-0.4, -0.2) is 4.57 Å². The van der Waals surface area contributed by atoms with Crippen molar-refractivity contribution in [2.24, 2.45) is 0 Å². The third kappa shape index (κ3) is 1.70. The van der Waals surface area contributed by atoms with E-state index in [2.05, 4.69) is 6.92 Å². The van der Waals surface area contributed by atoms with Gasteiger partial charge in [-0.15, -0.1) is 0 Å². The molecule has 0 bridgehead atoms. The third-order valence-corrected chi connectivity index (χ3v) is 1.92.